The summed E-state index contributed by atoms with van der Waals surface area (Å²) in [6.45, 7) is 4.98. The van der Waals surface area contributed by atoms with Crippen LogP contribution >= 0.6 is 0 Å². The normalized spacial score (nSPS) is 10.9. The molecule has 0 unspecified atom stereocenters. The van der Waals surface area contributed by atoms with Crippen molar-refractivity contribution < 1.29 is 4.92 Å². The highest BCUT2D eigenvalue weighted by Gasteiger charge is 2.18. The molecule has 1 N–H and O–H groups in total. The topological polar surface area (TPSA) is 68.1 Å². The van der Waals surface area contributed by atoms with Gasteiger partial charge in [-0.3, -0.25) is 15.1 Å². The Morgan fingerprint density at radius 3 is 2.84 bits per heavy atom. The highest BCUT2D eigenvalue weighted by molar-refractivity contribution is 5.94. The molecule has 0 saturated carbocycles. The summed E-state index contributed by atoms with van der Waals surface area (Å²) in [5, 5.41) is 15.0. The number of hydrogen-bond donors (Lipinski definition) is 1. The number of nitrogens with zero attached hydrogens (tertiary/aromatic N) is 2. The van der Waals surface area contributed by atoms with E-state index in [0.29, 0.717) is 22.5 Å². The number of nitro groups is 1. The maximum absolute atomic E-state index is 11.3. The Labute approximate surface area is 111 Å². The van der Waals surface area contributed by atoms with Gasteiger partial charge >= 0.3 is 5.69 Å². The molecule has 0 atom stereocenters. The van der Waals surface area contributed by atoms with E-state index in [1.54, 1.807) is 30.5 Å². The highest BCUT2D eigenvalue weighted by Crippen LogP contribution is 2.32. The van der Waals surface area contributed by atoms with Gasteiger partial charge in [0.25, 0.3) is 0 Å². The molecule has 5 heteroatoms. The van der Waals surface area contributed by atoms with E-state index < -0.39 is 0 Å². The van der Waals surface area contributed by atoms with Crippen molar-refractivity contribution in [2.24, 2.45) is 5.92 Å². The minimum Gasteiger partial charge on any atom is -0.379 e. The standard InChI is InChI=1S/C14H17N3O2/c1-10(2)7-9-16-13-6-5-12-11(4-3-8-15-12)14(13)17(18)19/h3-6,8,10,16H,7,9H2,1-2H3. The molecule has 0 saturated heterocycles. The van der Waals surface area contributed by atoms with Crippen LogP contribution in [0.15, 0.2) is 30.5 Å². The lowest BCUT2D eigenvalue weighted by Gasteiger charge is -2.10. The first-order valence-corrected chi connectivity index (χ1v) is 6.35. The van der Waals surface area contributed by atoms with E-state index >= 15 is 0 Å². The van der Waals surface area contributed by atoms with Gasteiger partial charge in [0.1, 0.15) is 5.69 Å². The fourth-order valence-corrected chi connectivity index (χ4v) is 1.97. The molecule has 0 aliphatic carbocycles. The molecule has 1 heterocycles. The summed E-state index contributed by atoms with van der Waals surface area (Å²) in [4.78, 5) is 15.1. The summed E-state index contributed by atoms with van der Waals surface area (Å²) in [6.07, 6.45) is 2.61. The largest absolute Gasteiger partial charge is 0.379 e. The average molecular weight is 259 g/mol. The quantitative estimate of drug-likeness (QED) is 0.658. The number of pyridine rings is 1. The van der Waals surface area contributed by atoms with E-state index in [4.69, 9.17) is 0 Å². The maximum Gasteiger partial charge on any atom is 0.301 e. The average Bonchev–Trinajstić information content (AvgIpc) is 2.37. The van der Waals surface area contributed by atoms with Crippen LogP contribution in [0, 0.1) is 16.0 Å². The zero-order chi connectivity index (χ0) is 13.8. The van der Waals surface area contributed by atoms with Gasteiger partial charge in [-0.25, -0.2) is 0 Å². The number of nitro benzene ring substituents is 1. The second kappa shape index (κ2) is 5.65. The summed E-state index contributed by atoms with van der Waals surface area (Å²) < 4.78 is 0. The molecule has 1 aromatic carbocycles. The van der Waals surface area contributed by atoms with Crippen LogP contribution in [0.5, 0.6) is 0 Å². The minimum absolute atomic E-state index is 0.106. The predicted molar refractivity (Wildman–Crippen MR) is 76.3 cm³/mol. The van der Waals surface area contributed by atoms with Gasteiger partial charge in [0.05, 0.1) is 15.8 Å². The van der Waals surface area contributed by atoms with Crippen molar-refractivity contribution in [3.63, 3.8) is 0 Å². The van der Waals surface area contributed by atoms with Crippen molar-refractivity contribution in [2.75, 3.05) is 11.9 Å². The van der Waals surface area contributed by atoms with Gasteiger partial charge in [-0.15, -0.1) is 0 Å². The summed E-state index contributed by atoms with van der Waals surface area (Å²) in [5.74, 6) is 0.564. The second-order valence-corrected chi connectivity index (χ2v) is 4.90. The lowest BCUT2D eigenvalue weighted by molar-refractivity contribution is -0.382. The zero-order valence-electron chi connectivity index (χ0n) is 11.1. The van der Waals surface area contributed by atoms with E-state index in [-0.39, 0.29) is 10.6 Å². The van der Waals surface area contributed by atoms with E-state index in [1.165, 1.54) is 0 Å². The fourth-order valence-electron chi connectivity index (χ4n) is 1.97. The molecule has 0 aliphatic heterocycles. The van der Waals surface area contributed by atoms with Crippen LogP contribution in [-0.4, -0.2) is 16.5 Å². The molecule has 100 valence electrons. The minimum atomic E-state index is -0.346. The number of nitrogens with one attached hydrogen (secondary N) is 1. The molecule has 1 aromatic heterocycles. The van der Waals surface area contributed by atoms with E-state index in [2.05, 4.69) is 24.1 Å². The Balaban J connectivity index is 2.37. The Morgan fingerprint density at radius 2 is 2.16 bits per heavy atom. The van der Waals surface area contributed by atoms with Gasteiger partial charge in [-0.1, -0.05) is 13.8 Å². The van der Waals surface area contributed by atoms with Gasteiger partial charge in [0.15, 0.2) is 0 Å². The predicted octanol–water partition coefficient (Wildman–Crippen LogP) is 3.60. The second-order valence-electron chi connectivity index (χ2n) is 4.90. The van der Waals surface area contributed by atoms with Gasteiger partial charge in [0.2, 0.25) is 0 Å². The van der Waals surface area contributed by atoms with Gasteiger partial charge in [-0.2, -0.15) is 0 Å². The van der Waals surface area contributed by atoms with Gasteiger partial charge in [-0.05, 0) is 36.6 Å². The Kier molecular flexibility index (Phi) is 3.94. The number of hydrogen-bond acceptors (Lipinski definition) is 4. The number of rotatable bonds is 5. The smallest absolute Gasteiger partial charge is 0.301 e. The van der Waals surface area contributed by atoms with Crippen LogP contribution in [0.2, 0.25) is 0 Å². The van der Waals surface area contributed by atoms with Crippen LogP contribution in [0.4, 0.5) is 11.4 Å². The molecule has 2 aromatic rings. The van der Waals surface area contributed by atoms with Crippen molar-refractivity contribution in [1.82, 2.24) is 4.98 Å². The lowest BCUT2D eigenvalue weighted by atomic mass is 10.1. The Morgan fingerprint density at radius 1 is 1.37 bits per heavy atom. The third kappa shape index (κ3) is 2.99. The first-order chi connectivity index (χ1) is 9.09. The molecule has 19 heavy (non-hydrogen) atoms. The molecular formula is C14H17N3O2. The summed E-state index contributed by atoms with van der Waals surface area (Å²) in [5.41, 5.74) is 1.31. The Bertz CT molecular complexity index is 596. The SMILES string of the molecule is CC(C)CCNc1ccc2ncccc2c1[N+](=O)[O-]. The van der Waals surface area contributed by atoms with Crippen molar-refractivity contribution in [3.05, 3.63) is 40.6 Å². The molecule has 5 nitrogen and oxygen atoms in total. The van der Waals surface area contributed by atoms with Crippen LogP contribution in [0.1, 0.15) is 20.3 Å². The lowest BCUT2D eigenvalue weighted by Crippen LogP contribution is -2.07. The molecule has 0 bridgehead atoms. The third-order valence-electron chi connectivity index (χ3n) is 2.98. The summed E-state index contributed by atoms with van der Waals surface area (Å²) in [7, 11) is 0. The van der Waals surface area contributed by atoms with Crippen molar-refractivity contribution >= 4 is 22.3 Å². The molecule has 0 aliphatic rings. The van der Waals surface area contributed by atoms with Gasteiger partial charge in [0, 0.05) is 12.7 Å². The summed E-state index contributed by atoms with van der Waals surface area (Å²) >= 11 is 0. The molecule has 0 fully saturated rings. The van der Waals surface area contributed by atoms with E-state index in [9.17, 15) is 10.1 Å². The van der Waals surface area contributed by atoms with Crippen molar-refractivity contribution in [2.45, 2.75) is 20.3 Å². The first-order valence-electron chi connectivity index (χ1n) is 6.35. The number of anilines is 1. The molecule has 0 radical (unpaired) electrons. The molecular weight excluding hydrogens is 242 g/mol. The van der Waals surface area contributed by atoms with Crippen LogP contribution in [-0.2, 0) is 0 Å². The van der Waals surface area contributed by atoms with Crippen LogP contribution in [0.3, 0.4) is 0 Å². The monoisotopic (exact) mass is 259 g/mol. The van der Waals surface area contributed by atoms with Crippen molar-refractivity contribution in [3.8, 4) is 0 Å². The van der Waals surface area contributed by atoms with E-state index in [0.717, 1.165) is 13.0 Å². The van der Waals surface area contributed by atoms with Gasteiger partial charge < -0.3 is 5.32 Å². The molecule has 0 amide bonds. The molecule has 2 rings (SSSR count). The maximum atomic E-state index is 11.3. The van der Waals surface area contributed by atoms with Crippen molar-refractivity contribution in [1.29, 1.82) is 0 Å². The Hall–Kier alpha value is -2.17. The number of fused-ring (bicyclic) bond motifs is 1. The fraction of sp³-hybridized carbons (Fsp3) is 0.357. The number of aromatic nitrogens is 1. The van der Waals surface area contributed by atoms with Crippen LogP contribution in [0.25, 0.3) is 10.9 Å². The summed E-state index contributed by atoms with van der Waals surface area (Å²) in [6, 6.07) is 6.98. The molecule has 0 spiro atoms. The third-order valence-corrected chi connectivity index (χ3v) is 2.98. The van der Waals surface area contributed by atoms with Crippen LogP contribution < -0.4 is 5.32 Å². The van der Waals surface area contributed by atoms with E-state index in [1.807, 2.05) is 0 Å². The highest BCUT2D eigenvalue weighted by atomic mass is 16.6. The number of benzene rings is 1. The first kappa shape index (κ1) is 13.3. The zero-order valence-corrected chi connectivity index (χ0v) is 11.1.